The van der Waals surface area contributed by atoms with Gasteiger partial charge < -0.3 is 20.9 Å². The molecule has 0 spiro atoms. The summed E-state index contributed by atoms with van der Waals surface area (Å²) in [5.74, 6) is -0.336. The number of benzene rings is 2. The number of fused-ring (bicyclic) bond motifs is 2. The van der Waals surface area contributed by atoms with Gasteiger partial charge in [0.2, 0.25) is 5.91 Å². The van der Waals surface area contributed by atoms with Gasteiger partial charge in [-0.15, -0.1) is 5.10 Å². The fourth-order valence-corrected chi connectivity index (χ4v) is 6.68. The molecule has 11 nitrogen and oxygen atoms in total. The molecule has 2 amide bonds. The number of nitrogens with two attached hydrogens (primary N) is 1. The first-order valence-corrected chi connectivity index (χ1v) is 15.7. The fraction of sp³-hybridized carbons (Fsp3) is 0.314. The van der Waals surface area contributed by atoms with Crippen molar-refractivity contribution in [1.82, 2.24) is 24.5 Å². The number of nitrogens with one attached hydrogen (secondary N) is 1. The molecule has 1 unspecified atom stereocenters. The van der Waals surface area contributed by atoms with Gasteiger partial charge >= 0.3 is 0 Å². The van der Waals surface area contributed by atoms with Crippen LogP contribution >= 0.6 is 0 Å². The molecule has 4 heterocycles. The molecule has 1 saturated heterocycles. The molecule has 11 heteroatoms. The molecule has 0 radical (unpaired) electrons. The van der Waals surface area contributed by atoms with E-state index in [1.807, 2.05) is 67.7 Å². The number of aromatic nitrogens is 4. The second-order valence-electron chi connectivity index (χ2n) is 11.9. The van der Waals surface area contributed by atoms with Crippen LogP contribution in [0.25, 0.3) is 22.1 Å². The molecule has 6 rings (SSSR count). The molecule has 0 saturated carbocycles. The lowest BCUT2D eigenvalue weighted by atomic mass is 9.71. The van der Waals surface area contributed by atoms with Crippen LogP contribution in [0.15, 0.2) is 82.8 Å². The molecule has 1 fully saturated rings. The van der Waals surface area contributed by atoms with E-state index in [-0.39, 0.29) is 22.8 Å². The third kappa shape index (κ3) is 5.31. The number of carbonyl (C=O) groups is 2. The highest BCUT2D eigenvalue weighted by Crippen LogP contribution is 2.45. The highest BCUT2D eigenvalue weighted by atomic mass is 16.2. The van der Waals surface area contributed by atoms with Gasteiger partial charge in [0.25, 0.3) is 11.5 Å². The van der Waals surface area contributed by atoms with E-state index in [0.29, 0.717) is 40.0 Å². The summed E-state index contributed by atoms with van der Waals surface area (Å²) in [6.07, 6.45) is 9.35. The van der Waals surface area contributed by atoms with Crippen molar-refractivity contribution >= 4 is 46.0 Å². The number of hydrogen-bond donors (Lipinski definition) is 2. The summed E-state index contributed by atoms with van der Waals surface area (Å²) in [6, 6.07) is 17.9. The normalized spacial score (nSPS) is 17.1. The summed E-state index contributed by atoms with van der Waals surface area (Å²) in [4.78, 5) is 52.1. The molecule has 46 heavy (non-hydrogen) atoms. The van der Waals surface area contributed by atoms with Crippen molar-refractivity contribution in [3.8, 4) is 5.69 Å². The minimum absolute atomic E-state index is 0.0591. The van der Waals surface area contributed by atoms with E-state index in [2.05, 4.69) is 27.3 Å². The van der Waals surface area contributed by atoms with Crippen LogP contribution in [0.2, 0.25) is 0 Å². The molecule has 3 aromatic heterocycles. The molecule has 1 aliphatic rings. The van der Waals surface area contributed by atoms with Crippen LogP contribution in [0.1, 0.15) is 68.0 Å². The van der Waals surface area contributed by atoms with Crippen molar-refractivity contribution < 1.29 is 9.59 Å². The molecule has 2 aromatic carbocycles. The first kappa shape index (κ1) is 30.7. The summed E-state index contributed by atoms with van der Waals surface area (Å²) in [5, 5.41) is 8.36. The van der Waals surface area contributed by atoms with Crippen molar-refractivity contribution in [2.24, 2.45) is 10.4 Å². The maximum absolute atomic E-state index is 14.6. The number of carbonyl (C=O) groups excluding carboxylic acids is 2. The van der Waals surface area contributed by atoms with E-state index < -0.39 is 17.4 Å². The molecule has 236 valence electrons. The van der Waals surface area contributed by atoms with E-state index in [9.17, 15) is 14.4 Å². The zero-order valence-corrected chi connectivity index (χ0v) is 26.3. The van der Waals surface area contributed by atoms with Crippen molar-refractivity contribution in [2.75, 3.05) is 24.2 Å². The van der Waals surface area contributed by atoms with Crippen molar-refractivity contribution in [2.45, 2.75) is 52.0 Å². The number of hydrogen-bond acceptors (Lipinski definition) is 7. The Morgan fingerprint density at radius 2 is 1.93 bits per heavy atom. The zero-order chi connectivity index (χ0) is 32.4. The molecule has 0 bridgehead atoms. The Morgan fingerprint density at radius 1 is 1.13 bits per heavy atom. The van der Waals surface area contributed by atoms with Gasteiger partial charge in [0.05, 0.1) is 22.5 Å². The molecule has 3 N–H and O–H groups in total. The molecule has 1 aliphatic heterocycles. The second kappa shape index (κ2) is 12.6. The quantitative estimate of drug-likeness (QED) is 0.120. The average molecular weight is 619 g/mol. The Hall–Kier alpha value is -5.32. The number of nitrogen functional groups attached to an aromatic ring is 1. The van der Waals surface area contributed by atoms with E-state index in [4.69, 9.17) is 5.73 Å². The van der Waals surface area contributed by atoms with Gasteiger partial charge in [-0.2, -0.15) is 0 Å². The average Bonchev–Trinajstić information content (AvgIpc) is 3.40. The third-order valence-electron chi connectivity index (χ3n) is 8.86. The summed E-state index contributed by atoms with van der Waals surface area (Å²) >= 11 is 0. The maximum Gasteiger partial charge on any atom is 0.265 e. The number of β-lactam (4-membered cyclic amide) rings is 1. The van der Waals surface area contributed by atoms with Crippen LogP contribution in [0.3, 0.4) is 0 Å². The SMILES string of the molecule is CCCC1(CCC/C=N/C)CN(c2cccc3cc([C@H](C)NC(=O)c4c(N)nn5cccnc45)n(-c4ccccc4)c(=O)c23)C1=O. The maximum atomic E-state index is 14.6. The summed E-state index contributed by atoms with van der Waals surface area (Å²) in [7, 11) is 1.76. The molecular formula is C35H38N8O3. The zero-order valence-electron chi connectivity index (χ0n) is 26.3. The highest BCUT2D eigenvalue weighted by molar-refractivity contribution is 6.10. The van der Waals surface area contributed by atoms with Crippen LogP contribution in [-0.4, -0.2) is 50.8 Å². The van der Waals surface area contributed by atoms with Crippen LogP contribution in [-0.2, 0) is 4.79 Å². The van der Waals surface area contributed by atoms with Gasteiger partial charge in [0.1, 0.15) is 5.56 Å². The van der Waals surface area contributed by atoms with Crippen LogP contribution in [0.5, 0.6) is 0 Å². The van der Waals surface area contributed by atoms with E-state index >= 15 is 0 Å². The van der Waals surface area contributed by atoms with E-state index in [1.54, 1.807) is 35.0 Å². The smallest absolute Gasteiger partial charge is 0.265 e. The highest BCUT2D eigenvalue weighted by Gasteiger charge is 2.51. The summed E-state index contributed by atoms with van der Waals surface area (Å²) in [5.41, 5.74) is 7.74. The predicted octanol–water partition coefficient (Wildman–Crippen LogP) is 5.11. The standard InChI is InChI=1S/C35H38N8O3/c1-4-16-35(17-8-9-18-37-3)22-41(34(35)46)26-15-10-12-24-21-27(43(33(45)28(24)26)25-13-6-5-7-14-25)23(2)39-32(44)29-30(36)40-42-20-11-19-38-31(29)42/h5-7,10-15,18-21,23H,4,8-9,16-17,22H2,1-3H3,(H2,36,40)(H,39,44)/b37-18+/t23-,35?/m0/s1. The number of rotatable bonds is 11. The third-order valence-corrected chi connectivity index (χ3v) is 8.86. The number of para-hydroxylation sites is 1. The minimum Gasteiger partial charge on any atom is -0.381 e. The lowest BCUT2D eigenvalue weighted by Gasteiger charge is -2.49. The van der Waals surface area contributed by atoms with Crippen molar-refractivity contribution in [3.63, 3.8) is 0 Å². The Labute approximate surface area is 266 Å². The van der Waals surface area contributed by atoms with E-state index in [1.165, 1.54) is 4.52 Å². The second-order valence-corrected chi connectivity index (χ2v) is 11.9. The Bertz CT molecular complexity index is 2020. The number of pyridine rings is 1. The van der Waals surface area contributed by atoms with Gasteiger partial charge in [-0.1, -0.05) is 43.7 Å². The topological polar surface area (TPSA) is 140 Å². The minimum atomic E-state index is -0.610. The van der Waals surface area contributed by atoms with Crippen LogP contribution in [0.4, 0.5) is 11.5 Å². The van der Waals surface area contributed by atoms with Crippen LogP contribution < -0.4 is 21.5 Å². The van der Waals surface area contributed by atoms with Crippen molar-refractivity contribution in [3.05, 3.63) is 94.7 Å². The van der Waals surface area contributed by atoms with Gasteiger partial charge in [0.15, 0.2) is 11.5 Å². The molecular weight excluding hydrogens is 580 g/mol. The van der Waals surface area contributed by atoms with Gasteiger partial charge in [-0.05, 0) is 74.5 Å². The first-order valence-electron chi connectivity index (χ1n) is 15.7. The number of amides is 2. The Kier molecular flexibility index (Phi) is 8.40. The molecule has 0 aliphatic carbocycles. The predicted molar refractivity (Wildman–Crippen MR) is 181 cm³/mol. The lowest BCUT2D eigenvalue weighted by molar-refractivity contribution is -0.136. The van der Waals surface area contributed by atoms with Gasteiger partial charge in [-0.3, -0.25) is 19.0 Å². The lowest BCUT2D eigenvalue weighted by Crippen LogP contribution is -2.62. The van der Waals surface area contributed by atoms with Gasteiger partial charge in [-0.25, -0.2) is 9.50 Å². The summed E-state index contributed by atoms with van der Waals surface area (Å²) in [6.45, 7) is 4.48. The first-order chi connectivity index (χ1) is 22.3. The number of anilines is 2. The molecule has 2 atom stereocenters. The fourth-order valence-electron chi connectivity index (χ4n) is 6.68. The van der Waals surface area contributed by atoms with Gasteiger partial charge in [0, 0.05) is 37.4 Å². The summed E-state index contributed by atoms with van der Waals surface area (Å²) < 4.78 is 3.07. The molecule has 5 aromatic rings. The number of aliphatic imine (C=N–C) groups is 1. The van der Waals surface area contributed by atoms with Crippen LogP contribution in [0, 0.1) is 5.41 Å². The number of unbranched alkanes of at least 4 members (excludes halogenated alkanes) is 1. The number of nitrogens with zero attached hydrogens (tertiary/aromatic N) is 6. The largest absolute Gasteiger partial charge is 0.381 e. The monoisotopic (exact) mass is 618 g/mol. The van der Waals surface area contributed by atoms with Crippen molar-refractivity contribution in [1.29, 1.82) is 0 Å². The Morgan fingerprint density at radius 3 is 2.67 bits per heavy atom. The van der Waals surface area contributed by atoms with E-state index in [0.717, 1.165) is 32.1 Å². The Balaban J connectivity index is 1.40.